The minimum absolute atomic E-state index is 0.118. The highest BCUT2D eigenvalue weighted by Gasteiger charge is 2.09. The molecular formula is C4H8NO3S. The van der Waals surface area contributed by atoms with E-state index in [2.05, 4.69) is 4.72 Å². The van der Waals surface area contributed by atoms with Crippen LogP contribution in [0.3, 0.4) is 0 Å². The monoisotopic (exact) mass is 150 g/mol. The predicted molar refractivity (Wildman–Crippen MR) is 32.3 cm³/mol. The second-order valence-electron chi connectivity index (χ2n) is 1.48. The van der Waals surface area contributed by atoms with Crippen molar-refractivity contribution in [2.45, 2.75) is 13.8 Å². The van der Waals surface area contributed by atoms with Crippen molar-refractivity contribution < 1.29 is 13.2 Å². The zero-order valence-electron chi connectivity index (χ0n) is 5.29. The molecule has 9 heavy (non-hydrogen) atoms. The van der Waals surface area contributed by atoms with Crippen LogP contribution in [-0.2, 0) is 14.8 Å². The molecule has 1 amide bonds. The summed E-state index contributed by atoms with van der Waals surface area (Å²) < 4.78 is 23.7. The Labute approximate surface area is 54.3 Å². The van der Waals surface area contributed by atoms with Gasteiger partial charge >= 0.3 is 0 Å². The van der Waals surface area contributed by atoms with Gasteiger partial charge in [0.2, 0.25) is 0 Å². The second-order valence-corrected chi connectivity index (χ2v) is 3.40. The summed E-state index contributed by atoms with van der Waals surface area (Å²) in [7, 11) is -3.44. The third kappa shape index (κ3) is 3.96. The topological polar surface area (TPSA) is 65.3 Å². The van der Waals surface area contributed by atoms with Crippen LogP contribution in [0.5, 0.6) is 0 Å². The summed E-state index contributed by atoms with van der Waals surface area (Å²) in [4.78, 5) is 10.1. The molecule has 0 aromatic carbocycles. The van der Waals surface area contributed by atoms with Gasteiger partial charge in [0.05, 0.1) is 5.75 Å². The van der Waals surface area contributed by atoms with Crippen LogP contribution < -0.4 is 4.72 Å². The van der Waals surface area contributed by atoms with Gasteiger partial charge in [0.25, 0.3) is 15.9 Å². The molecule has 0 aromatic rings. The Bertz CT molecular complexity index is 194. The van der Waals surface area contributed by atoms with Crippen molar-refractivity contribution in [3.63, 3.8) is 0 Å². The van der Waals surface area contributed by atoms with E-state index in [1.54, 1.807) is 0 Å². The van der Waals surface area contributed by atoms with E-state index in [0.29, 0.717) is 0 Å². The SMILES string of the molecule is CCS(=O)(=O)[N]C(C)=O. The van der Waals surface area contributed by atoms with Gasteiger partial charge < -0.3 is 0 Å². The molecule has 0 heterocycles. The molecule has 5 heteroatoms. The van der Waals surface area contributed by atoms with Crippen LogP contribution in [0, 0.1) is 0 Å². The third-order valence-corrected chi connectivity index (χ3v) is 1.90. The fourth-order valence-electron chi connectivity index (χ4n) is 0.260. The van der Waals surface area contributed by atoms with E-state index in [0.717, 1.165) is 6.92 Å². The van der Waals surface area contributed by atoms with E-state index in [4.69, 9.17) is 0 Å². The van der Waals surface area contributed by atoms with E-state index in [1.807, 2.05) is 0 Å². The molecule has 0 aliphatic carbocycles. The summed E-state index contributed by atoms with van der Waals surface area (Å²) >= 11 is 0. The maximum Gasteiger partial charge on any atom is 0.256 e. The summed E-state index contributed by atoms with van der Waals surface area (Å²) in [5, 5.41) is 0. The summed E-state index contributed by atoms with van der Waals surface area (Å²) in [5.41, 5.74) is 0. The average molecular weight is 150 g/mol. The zero-order valence-corrected chi connectivity index (χ0v) is 6.10. The quantitative estimate of drug-likeness (QED) is 0.532. The van der Waals surface area contributed by atoms with Gasteiger partial charge in [-0.3, -0.25) is 4.79 Å². The van der Waals surface area contributed by atoms with E-state index in [1.165, 1.54) is 6.92 Å². The van der Waals surface area contributed by atoms with Gasteiger partial charge in [-0.2, -0.15) is 0 Å². The summed E-state index contributed by atoms with van der Waals surface area (Å²) in [6, 6.07) is 0. The minimum atomic E-state index is -3.44. The van der Waals surface area contributed by atoms with Gasteiger partial charge in [-0.15, -0.1) is 4.72 Å². The lowest BCUT2D eigenvalue weighted by atomic mass is 10.8. The molecule has 0 aliphatic rings. The maximum atomic E-state index is 10.4. The molecular weight excluding hydrogens is 142 g/mol. The lowest BCUT2D eigenvalue weighted by molar-refractivity contribution is -0.117. The van der Waals surface area contributed by atoms with Gasteiger partial charge in [0.15, 0.2) is 0 Å². The summed E-state index contributed by atoms with van der Waals surface area (Å²) in [6.45, 7) is 2.54. The van der Waals surface area contributed by atoms with Crippen molar-refractivity contribution in [2.75, 3.05) is 5.75 Å². The standard InChI is InChI=1S/C4H8NO3S/c1-3-9(7,8)5-4(2)6/h3H2,1-2H3. The smallest absolute Gasteiger partial charge is 0.256 e. The van der Waals surface area contributed by atoms with Gasteiger partial charge in [0, 0.05) is 6.92 Å². The van der Waals surface area contributed by atoms with Gasteiger partial charge in [-0.25, -0.2) is 8.42 Å². The molecule has 4 nitrogen and oxygen atoms in total. The Morgan fingerprint density at radius 3 is 2.11 bits per heavy atom. The molecule has 0 unspecified atom stereocenters. The van der Waals surface area contributed by atoms with Crippen molar-refractivity contribution >= 4 is 15.9 Å². The Morgan fingerprint density at radius 2 is 2.00 bits per heavy atom. The Hall–Kier alpha value is -0.580. The van der Waals surface area contributed by atoms with Crippen LogP contribution in [0.4, 0.5) is 0 Å². The van der Waals surface area contributed by atoms with Crippen LogP contribution in [0.2, 0.25) is 0 Å². The van der Waals surface area contributed by atoms with Crippen LogP contribution in [0.25, 0.3) is 0 Å². The largest absolute Gasteiger partial charge is 0.272 e. The molecule has 0 bridgehead atoms. The molecule has 0 N–H and O–H groups in total. The first-order valence-corrected chi connectivity index (χ1v) is 4.05. The highest BCUT2D eigenvalue weighted by atomic mass is 32.2. The van der Waals surface area contributed by atoms with Crippen LogP contribution in [0.15, 0.2) is 0 Å². The molecule has 0 rings (SSSR count). The summed E-state index contributed by atoms with van der Waals surface area (Å²) in [5.74, 6) is -0.788. The number of hydrogen-bond donors (Lipinski definition) is 0. The molecule has 1 radical (unpaired) electrons. The van der Waals surface area contributed by atoms with Gasteiger partial charge in [-0.05, 0) is 6.92 Å². The Balaban J connectivity index is 4.06. The molecule has 0 atom stereocenters. The number of sulfonamides is 1. The molecule has 53 valence electrons. The Kier molecular flexibility index (Phi) is 2.64. The number of carbonyl (C=O) groups is 1. The number of amides is 1. The van der Waals surface area contributed by atoms with E-state index in [-0.39, 0.29) is 5.75 Å². The summed E-state index contributed by atoms with van der Waals surface area (Å²) in [6.07, 6.45) is 0. The Morgan fingerprint density at radius 1 is 1.56 bits per heavy atom. The zero-order chi connectivity index (χ0) is 7.49. The van der Waals surface area contributed by atoms with E-state index in [9.17, 15) is 13.2 Å². The lowest BCUT2D eigenvalue weighted by Gasteiger charge is -1.93. The van der Waals surface area contributed by atoms with Crippen molar-refractivity contribution in [1.29, 1.82) is 0 Å². The van der Waals surface area contributed by atoms with Crippen LogP contribution in [0.1, 0.15) is 13.8 Å². The van der Waals surface area contributed by atoms with Crippen molar-refractivity contribution in [2.24, 2.45) is 0 Å². The first kappa shape index (κ1) is 8.42. The molecule has 0 aliphatic heterocycles. The van der Waals surface area contributed by atoms with Crippen molar-refractivity contribution in [3.8, 4) is 0 Å². The van der Waals surface area contributed by atoms with Crippen LogP contribution >= 0.6 is 0 Å². The highest BCUT2D eigenvalue weighted by molar-refractivity contribution is 7.89. The van der Waals surface area contributed by atoms with E-state index >= 15 is 0 Å². The second kappa shape index (κ2) is 2.82. The fourth-order valence-corrected chi connectivity index (χ4v) is 0.781. The first-order chi connectivity index (χ1) is 3.98. The number of rotatable bonds is 2. The molecule has 0 spiro atoms. The van der Waals surface area contributed by atoms with Crippen molar-refractivity contribution in [3.05, 3.63) is 0 Å². The van der Waals surface area contributed by atoms with Crippen LogP contribution in [-0.4, -0.2) is 20.1 Å². The number of nitrogens with zero attached hydrogens (tertiary/aromatic N) is 1. The van der Waals surface area contributed by atoms with Crippen molar-refractivity contribution in [1.82, 2.24) is 4.72 Å². The molecule has 0 fully saturated rings. The lowest BCUT2D eigenvalue weighted by Crippen LogP contribution is -2.21. The number of hydrogen-bond acceptors (Lipinski definition) is 3. The van der Waals surface area contributed by atoms with E-state index < -0.39 is 15.9 Å². The van der Waals surface area contributed by atoms with Gasteiger partial charge in [0.1, 0.15) is 0 Å². The average Bonchev–Trinajstić information content (AvgIpc) is 1.63. The molecule has 0 aromatic heterocycles. The predicted octanol–water partition coefficient (Wildman–Crippen LogP) is -0.513. The minimum Gasteiger partial charge on any atom is -0.272 e. The number of carbonyl (C=O) groups excluding carboxylic acids is 1. The highest BCUT2D eigenvalue weighted by Crippen LogP contribution is 1.83. The third-order valence-electron chi connectivity index (χ3n) is 0.632. The molecule has 0 saturated carbocycles. The first-order valence-electron chi connectivity index (χ1n) is 2.44. The maximum absolute atomic E-state index is 10.4. The van der Waals surface area contributed by atoms with Gasteiger partial charge in [-0.1, -0.05) is 0 Å². The fraction of sp³-hybridized carbons (Fsp3) is 0.750. The normalized spacial score (nSPS) is 10.9. The molecule has 0 saturated heterocycles.